The van der Waals surface area contributed by atoms with Gasteiger partial charge in [-0.05, 0) is 24.5 Å². The summed E-state index contributed by atoms with van der Waals surface area (Å²) >= 11 is 11.0. The van der Waals surface area contributed by atoms with Crippen molar-refractivity contribution in [2.24, 2.45) is 0 Å². The van der Waals surface area contributed by atoms with Gasteiger partial charge in [0.15, 0.2) is 0 Å². The van der Waals surface area contributed by atoms with Gasteiger partial charge in [-0.3, -0.25) is 4.79 Å². The lowest BCUT2D eigenvalue weighted by molar-refractivity contribution is 0.622. The molecule has 0 amide bonds. The summed E-state index contributed by atoms with van der Waals surface area (Å²) in [5, 5.41) is 13.3. The van der Waals surface area contributed by atoms with E-state index in [0.29, 0.717) is 12.8 Å². The molecule has 1 heterocycles. The number of allylic oxidation sites excluding steroid dienone is 1. The standard InChI is InChI=1S/C12H13Cl2N3O/c1-3-8-9(7-15)12(18)17(6-5-11(13)14)16-10(8)4-2/h5H,3-4,6H2,1-2H3. The minimum Gasteiger partial charge on any atom is -0.266 e. The summed E-state index contributed by atoms with van der Waals surface area (Å²) in [5.41, 5.74) is 1.23. The highest BCUT2D eigenvalue weighted by Crippen LogP contribution is 2.11. The fourth-order valence-electron chi connectivity index (χ4n) is 1.71. The maximum atomic E-state index is 12.0. The summed E-state index contributed by atoms with van der Waals surface area (Å²) < 4.78 is 1.28. The van der Waals surface area contributed by atoms with E-state index in [2.05, 4.69) is 5.10 Å². The van der Waals surface area contributed by atoms with E-state index in [1.54, 1.807) is 0 Å². The van der Waals surface area contributed by atoms with E-state index < -0.39 is 5.56 Å². The second-order valence-electron chi connectivity index (χ2n) is 3.60. The van der Waals surface area contributed by atoms with Crippen molar-refractivity contribution in [3.8, 4) is 6.07 Å². The molecule has 0 spiro atoms. The van der Waals surface area contributed by atoms with Crippen LogP contribution in [0.4, 0.5) is 0 Å². The minimum absolute atomic E-state index is 0.0693. The summed E-state index contributed by atoms with van der Waals surface area (Å²) in [4.78, 5) is 12.0. The molecule has 1 aromatic rings. The highest BCUT2D eigenvalue weighted by Gasteiger charge is 2.14. The average Bonchev–Trinajstić information content (AvgIpc) is 2.36. The zero-order chi connectivity index (χ0) is 13.7. The van der Waals surface area contributed by atoms with Crippen molar-refractivity contribution >= 4 is 23.2 Å². The highest BCUT2D eigenvalue weighted by atomic mass is 35.5. The smallest absolute Gasteiger partial charge is 0.266 e. The maximum absolute atomic E-state index is 12.0. The molecule has 1 rings (SSSR count). The Hall–Kier alpha value is -1.31. The van der Waals surface area contributed by atoms with Gasteiger partial charge in [0.25, 0.3) is 5.56 Å². The van der Waals surface area contributed by atoms with Crippen LogP contribution in [0.1, 0.15) is 30.7 Å². The van der Waals surface area contributed by atoms with Gasteiger partial charge >= 0.3 is 0 Å². The van der Waals surface area contributed by atoms with E-state index in [0.717, 1.165) is 11.3 Å². The summed E-state index contributed by atoms with van der Waals surface area (Å²) in [6.45, 7) is 3.99. The first-order chi connectivity index (χ1) is 8.54. The average molecular weight is 286 g/mol. The van der Waals surface area contributed by atoms with E-state index in [1.165, 1.54) is 10.8 Å². The molecule has 0 aliphatic rings. The Morgan fingerprint density at radius 2 is 2.11 bits per heavy atom. The molecule has 0 bridgehead atoms. The molecule has 96 valence electrons. The SMILES string of the molecule is CCc1nn(CC=C(Cl)Cl)c(=O)c(C#N)c1CC. The molecule has 0 N–H and O–H groups in total. The van der Waals surface area contributed by atoms with Gasteiger partial charge in [-0.25, -0.2) is 4.68 Å². The number of aryl methyl sites for hydroxylation is 1. The molecule has 0 aromatic carbocycles. The van der Waals surface area contributed by atoms with Gasteiger partial charge in [-0.15, -0.1) is 0 Å². The van der Waals surface area contributed by atoms with E-state index in [1.807, 2.05) is 19.9 Å². The Morgan fingerprint density at radius 1 is 1.44 bits per heavy atom. The molecular weight excluding hydrogens is 273 g/mol. The largest absolute Gasteiger partial charge is 0.285 e. The fourth-order valence-corrected chi connectivity index (χ4v) is 1.85. The maximum Gasteiger partial charge on any atom is 0.285 e. The monoisotopic (exact) mass is 285 g/mol. The third-order valence-electron chi connectivity index (χ3n) is 2.56. The summed E-state index contributed by atoms with van der Waals surface area (Å²) in [5.74, 6) is 0. The predicted octanol–water partition coefficient (Wildman–Crippen LogP) is 2.56. The van der Waals surface area contributed by atoms with E-state index >= 15 is 0 Å². The number of nitrogens with zero attached hydrogens (tertiary/aromatic N) is 3. The third-order valence-corrected chi connectivity index (χ3v) is 2.87. The number of aromatic nitrogens is 2. The summed E-state index contributed by atoms with van der Waals surface area (Å²) in [6, 6.07) is 1.96. The molecule has 0 aliphatic heterocycles. The first-order valence-corrected chi connectivity index (χ1v) is 6.34. The molecule has 6 heteroatoms. The summed E-state index contributed by atoms with van der Waals surface area (Å²) in [6.07, 6.45) is 2.74. The van der Waals surface area contributed by atoms with Crippen molar-refractivity contribution in [1.82, 2.24) is 9.78 Å². The van der Waals surface area contributed by atoms with Gasteiger partial charge < -0.3 is 0 Å². The molecule has 1 aromatic heterocycles. The van der Waals surface area contributed by atoms with Crippen LogP contribution < -0.4 is 5.56 Å². The number of rotatable bonds is 4. The molecule has 18 heavy (non-hydrogen) atoms. The van der Waals surface area contributed by atoms with Crippen LogP contribution in [0.15, 0.2) is 15.4 Å². The third kappa shape index (κ3) is 3.12. The fraction of sp³-hybridized carbons (Fsp3) is 0.417. The molecule has 0 atom stereocenters. The van der Waals surface area contributed by atoms with Crippen LogP contribution in [0.5, 0.6) is 0 Å². The van der Waals surface area contributed by atoms with Crippen molar-refractivity contribution in [3.63, 3.8) is 0 Å². The van der Waals surface area contributed by atoms with Gasteiger partial charge in [0.2, 0.25) is 0 Å². The molecule has 0 saturated heterocycles. The molecule has 0 aliphatic carbocycles. The van der Waals surface area contributed by atoms with Crippen LogP contribution in [0.25, 0.3) is 0 Å². The molecular formula is C12H13Cl2N3O. The molecule has 4 nitrogen and oxygen atoms in total. The topological polar surface area (TPSA) is 58.7 Å². The Balaban J connectivity index is 3.43. The molecule has 0 fully saturated rings. The molecule has 0 radical (unpaired) electrons. The Morgan fingerprint density at radius 3 is 2.56 bits per heavy atom. The molecule has 0 saturated carbocycles. The lowest BCUT2D eigenvalue weighted by atomic mass is 10.0. The predicted molar refractivity (Wildman–Crippen MR) is 71.8 cm³/mol. The van der Waals surface area contributed by atoms with Crippen LogP contribution in [0.2, 0.25) is 0 Å². The zero-order valence-electron chi connectivity index (χ0n) is 10.2. The van der Waals surface area contributed by atoms with Crippen molar-refractivity contribution in [2.45, 2.75) is 33.2 Å². The number of nitriles is 1. The number of hydrogen-bond donors (Lipinski definition) is 0. The van der Waals surface area contributed by atoms with Crippen LogP contribution >= 0.6 is 23.2 Å². The second-order valence-corrected chi connectivity index (χ2v) is 4.61. The molecule has 0 unspecified atom stereocenters. The highest BCUT2D eigenvalue weighted by molar-refractivity contribution is 6.55. The van der Waals surface area contributed by atoms with E-state index in [-0.39, 0.29) is 16.6 Å². The van der Waals surface area contributed by atoms with Crippen LogP contribution in [0, 0.1) is 11.3 Å². The number of hydrogen-bond acceptors (Lipinski definition) is 3. The van der Waals surface area contributed by atoms with Gasteiger partial charge in [0, 0.05) is 0 Å². The Labute approximate surface area is 115 Å². The van der Waals surface area contributed by atoms with Crippen LogP contribution in [-0.2, 0) is 19.4 Å². The lowest BCUT2D eigenvalue weighted by Gasteiger charge is -2.10. The van der Waals surface area contributed by atoms with Gasteiger partial charge in [-0.1, -0.05) is 37.0 Å². The summed E-state index contributed by atoms with van der Waals surface area (Å²) in [7, 11) is 0. The van der Waals surface area contributed by atoms with Gasteiger partial charge in [0.05, 0.1) is 12.2 Å². The first-order valence-electron chi connectivity index (χ1n) is 5.59. The lowest BCUT2D eigenvalue weighted by Crippen LogP contribution is -2.28. The minimum atomic E-state index is -0.405. The van der Waals surface area contributed by atoms with Gasteiger partial charge in [-0.2, -0.15) is 10.4 Å². The van der Waals surface area contributed by atoms with Crippen molar-refractivity contribution < 1.29 is 0 Å². The Bertz CT molecular complexity index is 566. The van der Waals surface area contributed by atoms with Gasteiger partial charge in [0.1, 0.15) is 16.1 Å². The van der Waals surface area contributed by atoms with Crippen LogP contribution in [0.3, 0.4) is 0 Å². The van der Waals surface area contributed by atoms with Crippen LogP contribution in [-0.4, -0.2) is 9.78 Å². The van der Waals surface area contributed by atoms with E-state index in [9.17, 15) is 4.79 Å². The Kier molecular flexibility index (Phi) is 5.39. The zero-order valence-corrected chi connectivity index (χ0v) is 11.7. The van der Waals surface area contributed by atoms with Crippen molar-refractivity contribution in [2.75, 3.05) is 0 Å². The number of halogens is 2. The quantitative estimate of drug-likeness (QED) is 0.854. The second kappa shape index (κ2) is 6.58. The van der Waals surface area contributed by atoms with Crippen molar-refractivity contribution in [3.05, 3.63) is 37.7 Å². The van der Waals surface area contributed by atoms with Crippen molar-refractivity contribution in [1.29, 1.82) is 5.26 Å². The normalized spacial score (nSPS) is 9.94. The van der Waals surface area contributed by atoms with E-state index in [4.69, 9.17) is 28.5 Å². The first kappa shape index (κ1) is 14.7.